The molecule has 0 amide bonds. The number of hydrogen-bond acceptors (Lipinski definition) is 4. The molecule has 7 heteroatoms. The lowest BCUT2D eigenvalue weighted by atomic mass is 10.0. The SMILES string of the molecule is COc1nccc2c(-c3cc(N)c(C)cc3Oc3ccc(F)cc3F)cn(C)c12. The highest BCUT2D eigenvalue weighted by atomic mass is 19.1. The van der Waals surface area contributed by atoms with Crippen LogP contribution in [0.4, 0.5) is 14.5 Å². The van der Waals surface area contributed by atoms with Gasteiger partial charge in [-0.25, -0.2) is 13.8 Å². The smallest absolute Gasteiger partial charge is 0.238 e. The summed E-state index contributed by atoms with van der Waals surface area (Å²) < 4.78 is 40.6. The number of methoxy groups -OCH3 is 1. The molecule has 0 aliphatic heterocycles. The molecule has 0 unspecified atom stereocenters. The summed E-state index contributed by atoms with van der Waals surface area (Å²) in [5.74, 6) is -0.628. The van der Waals surface area contributed by atoms with E-state index >= 15 is 0 Å². The molecule has 2 heterocycles. The van der Waals surface area contributed by atoms with Crippen LogP contribution < -0.4 is 15.2 Å². The van der Waals surface area contributed by atoms with Crippen molar-refractivity contribution in [2.75, 3.05) is 12.8 Å². The van der Waals surface area contributed by atoms with Gasteiger partial charge in [-0.3, -0.25) is 0 Å². The molecule has 0 bridgehead atoms. The van der Waals surface area contributed by atoms with Gasteiger partial charge in [-0.1, -0.05) is 0 Å². The number of halogens is 2. The third-order valence-corrected chi connectivity index (χ3v) is 4.82. The van der Waals surface area contributed by atoms with Crippen LogP contribution in [0.5, 0.6) is 17.4 Å². The zero-order valence-electron chi connectivity index (χ0n) is 16.2. The van der Waals surface area contributed by atoms with E-state index in [-0.39, 0.29) is 5.75 Å². The fraction of sp³-hybridized carbons (Fsp3) is 0.136. The van der Waals surface area contributed by atoms with Crippen LogP contribution in [0.2, 0.25) is 0 Å². The minimum Gasteiger partial charge on any atom is -0.479 e. The number of fused-ring (bicyclic) bond motifs is 1. The number of ether oxygens (including phenoxy) is 2. The Kier molecular flexibility index (Phi) is 4.58. The maximum atomic E-state index is 14.2. The van der Waals surface area contributed by atoms with Crippen molar-refractivity contribution in [2.24, 2.45) is 7.05 Å². The first-order chi connectivity index (χ1) is 13.9. The van der Waals surface area contributed by atoms with E-state index in [4.69, 9.17) is 15.2 Å². The van der Waals surface area contributed by atoms with Crippen molar-refractivity contribution in [3.05, 3.63) is 66.0 Å². The average Bonchev–Trinajstić information content (AvgIpc) is 3.03. The Morgan fingerprint density at radius 3 is 2.55 bits per heavy atom. The summed E-state index contributed by atoms with van der Waals surface area (Å²) >= 11 is 0. The molecule has 0 fully saturated rings. The minimum absolute atomic E-state index is 0.0729. The van der Waals surface area contributed by atoms with E-state index in [0.29, 0.717) is 22.9 Å². The van der Waals surface area contributed by atoms with Crippen molar-refractivity contribution < 1.29 is 18.3 Å². The van der Waals surface area contributed by atoms with E-state index in [1.165, 1.54) is 6.07 Å². The average molecular weight is 395 g/mol. The molecule has 2 aromatic heterocycles. The van der Waals surface area contributed by atoms with Crippen LogP contribution in [0.15, 0.2) is 48.8 Å². The van der Waals surface area contributed by atoms with Gasteiger partial charge >= 0.3 is 0 Å². The molecule has 0 atom stereocenters. The molecule has 148 valence electrons. The van der Waals surface area contributed by atoms with Crippen molar-refractivity contribution in [3.63, 3.8) is 0 Å². The Balaban J connectivity index is 1.93. The Morgan fingerprint density at radius 1 is 1.03 bits per heavy atom. The normalized spacial score (nSPS) is 11.1. The largest absolute Gasteiger partial charge is 0.479 e. The number of nitrogen functional groups attached to an aromatic ring is 1. The third-order valence-electron chi connectivity index (χ3n) is 4.82. The molecule has 0 aliphatic rings. The fourth-order valence-electron chi connectivity index (χ4n) is 3.35. The highest BCUT2D eigenvalue weighted by Crippen LogP contribution is 2.42. The Morgan fingerprint density at radius 2 is 1.83 bits per heavy atom. The molecule has 0 aliphatic carbocycles. The maximum Gasteiger partial charge on any atom is 0.238 e. The number of aryl methyl sites for hydroxylation is 2. The summed E-state index contributed by atoms with van der Waals surface area (Å²) in [6.07, 6.45) is 3.56. The molecule has 2 aromatic carbocycles. The Labute approximate surface area is 166 Å². The molecule has 0 radical (unpaired) electrons. The summed E-state index contributed by atoms with van der Waals surface area (Å²) in [6.45, 7) is 1.84. The van der Waals surface area contributed by atoms with E-state index in [1.54, 1.807) is 25.4 Å². The van der Waals surface area contributed by atoms with Gasteiger partial charge < -0.3 is 19.8 Å². The molecule has 4 aromatic rings. The minimum atomic E-state index is -0.783. The van der Waals surface area contributed by atoms with Crippen LogP contribution in [0.1, 0.15) is 5.56 Å². The number of benzene rings is 2. The number of nitrogens with zero attached hydrogens (tertiary/aromatic N) is 2. The van der Waals surface area contributed by atoms with Gasteiger partial charge in [0.2, 0.25) is 5.88 Å². The van der Waals surface area contributed by atoms with Crippen LogP contribution in [0, 0.1) is 18.6 Å². The number of nitrogens with two attached hydrogens (primary N) is 1. The first kappa shape index (κ1) is 18.7. The van der Waals surface area contributed by atoms with Crippen LogP contribution in [0.25, 0.3) is 22.0 Å². The molecule has 5 nitrogen and oxygen atoms in total. The van der Waals surface area contributed by atoms with Crippen molar-refractivity contribution in [1.29, 1.82) is 0 Å². The molecule has 2 N–H and O–H groups in total. The van der Waals surface area contributed by atoms with Gasteiger partial charge in [-0.2, -0.15) is 0 Å². The van der Waals surface area contributed by atoms with Crippen molar-refractivity contribution >= 4 is 16.6 Å². The van der Waals surface area contributed by atoms with E-state index in [2.05, 4.69) is 4.98 Å². The third kappa shape index (κ3) is 3.24. The molecule has 0 spiro atoms. The number of aromatic nitrogens is 2. The predicted molar refractivity (Wildman–Crippen MR) is 108 cm³/mol. The van der Waals surface area contributed by atoms with Crippen LogP contribution in [-0.4, -0.2) is 16.7 Å². The van der Waals surface area contributed by atoms with E-state index in [0.717, 1.165) is 34.2 Å². The first-order valence-electron chi connectivity index (χ1n) is 8.90. The van der Waals surface area contributed by atoms with Gasteiger partial charge in [0.15, 0.2) is 11.6 Å². The van der Waals surface area contributed by atoms with Crippen molar-refractivity contribution in [3.8, 4) is 28.5 Å². The zero-order chi connectivity index (χ0) is 20.7. The van der Waals surface area contributed by atoms with E-state index in [9.17, 15) is 8.78 Å². The van der Waals surface area contributed by atoms with Crippen LogP contribution >= 0.6 is 0 Å². The van der Waals surface area contributed by atoms with Crippen LogP contribution in [0.3, 0.4) is 0 Å². The molecule has 0 saturated carbocycles. The second kappa shape index (κ2) is 7.09. The second-order valence-corrected chi connectivity index (χ2v) is 6.75. The first-order valence-corrected chi connectivity index (χ1v) is 8.90. The summed E-state index contributed by atoms with van der Waals surface area (Å²) in [6, 6.07) is 8.59. The molecule has 0 saturated heterocycles. The molecular formula is C22H19F2N3O2. The van der Waals surface area contributed by atoms with Gasteiger partial charge in [0.05, 0.1) is 7.11 Å². The van der Waals surface area contributed by atoms with Gasteiger partial charge in [-0.05, 0) is 42.8 Å². The van der Waals surface area contributed by atoms with Crippen LogP contribution in [-0.2, 0) is 7.05 Å². The molecule has 4 rings (SSSR count). The van der Waals surface area contributed by atoms with Gasteiger partial charge in [-0.15, -0.1) is 0 Å². The predicted octanol–water partition coefficient (Wildman–Crippen LogP) is 5.21. The van der Waals surface area contributed by atoms with Gasteiger partial charge in [0.25, 0.3) is 0 Å². The quantitative estimate of drug-likeness (QED) is 0.482. The summed E-state index contributed by atoms with van der Waals surface area (Å²) in [4.78, 5) is 4.25. The highest BCUT2D eigenvalue weighted by Gasteiger charge is 2.19. The summed E-state index contributed by atoms with van der Waals surface area (Å²) in [7, 11) is 3.44. The van der Waals surface area contributed by atoms with Crippen molar-refractivity contribution in [2.45, 2.75) is 6.92 Å². The standard InChI is InChI=1S/C22H19F2N3O2/c1-12-8-20(29-19-5-4-13(23)9-17(19)24)15(10-18(12)25)16-11-27(2)21-14(16)6-7-26-22(21)28-3/h4-11H,25H2,1-3H3. The van der Waals surface area contributed by atoms with Gasteiger partial charge in [0, 0.05) is 47.7 Å². The molecular weight excluding hydrogens is 376 g/mol. The number of hydrogen-bond donors (Lipinski definition) is 1. The lowest BCUT2D eigenvalue weighted by Gasteiger charge is -2.14. The Bertz CT molecular complexity index is 1230. The van der Waals surface area contributed by atoms with E-state index < -0.39 is 11.6 Å². The number of rotatable bonds is 4. The van der Waals surface area contributed by atoms with Gasteiger partial charge in [0.1, 0.15) is 17.1 Å². The second-order valence-electron chi connectivity index (χ2n) is 6.75. The fourth-order valence-corrected chi connectivity index (χ4v) is 3.35. The Hall–Kier alpha value is -3.61. The lowest BCUT2D eigenvalue weighted by Crippen LogP contribution is -1.96. The topological polar surface area (TPSA) is 62.3 Å². The lowest BCUT2D eigenvalue weighted by molar-refractivity contribution is 0.401. The maximum absolute atomic E-state index is 14.2. The summed E-state index contributed by atoms with van der Waals surface area (Å²) in [5.41, 5.74) is 9.82. The van der Waals surface area contributed by atoms with E-state index in [1.807, 2.05) is 30.8 Å². The molecule has 29 heavy (non-hydrogen) atoms. The zero-order valence-corrected chi connectivity index (χ0v) is 16.2. The number of anilines is 1. The summed E-state index contributed by atoms with van der Waals surface area (Å²) in [5, 5.41) is 0.882. The van der Waals surface area contributed by atoms with Crippen molar-refractivity contribution in [1.82, 2.24) is 9.55 Å². The number of pyridine rings is 1. The highest BCUT2D eigenvalue weighted by molar-refractivity contribution is 6.00. The monoisotopic (exact) mass is 395 g/mol.